The van der Waals surface area contributed by atoms with Gasteiger partial charge in [-0.3, -0.25) is 4.79 Å². The van der Waals surface area contributed by atoms with E-state index >= 15 is 0 Å². The second-order valence-corrected chi connectivity index (χ2v) is 7.32. The molecule has 32 heavy (non-hydrogen) atoms. The number of nitrogens with zero attached hydrogens (tertiary/aromatic N) is 1. The summed E-state index contributed by atoms with van der Waals surface area (Å²) < 4.78 is 1.65. The van der Waals surface area contributed by atoms with Gasteiger partial charge < -0.3 is 14.8 Å². The molecule has 1 heterocycles. The van der Waals surface area contributed by atoms with Crippen LogP contribution in [-0.4, -0.2) is 14.8 Å². The SMILES string of the molecule is C=Cc1ccc(O)cc1.CCCC.Cn1c(=O)c(-c2ccc(O)cc2)cc2ccccc21. The lowest BCUT2D eigenvalue weighted by atomic mass is 10.0. The number of aromatic nitrogens is 1. The van der Waals surface area contributed by atoms with Gasteiger partial charge in [-0.15, -0.1) is 0 Å². The van der Waals surface area contributed by atoms with Crippen LogP contribution in [0.15, 0.2) is 90.2 Å². The summed E-state index contributed by atoms with van der Waals surface area (Å²) >= 11 is 0. The number of pyridine rings is 1. The van der Waals surface area contributed by atoms with Gasteiger partial charge >= 0.3 is 0 Å². The minimum Gasteiger partial charge on any atom is -0.508 e. The molecule has 4 aromatic rings. The first kappa shape index (κ1) is 24.5. The normalized spacial score (nSPS) is 9.84. The Hall–Kier alpha value is -3.79. The number of aromatic hydroxyl groups is 2. The maximum atomic E-state index is 12.4. The molecule has 0 spiro atoms. The fourth-order valence-electron chi connectivity index (χ4n) is 2.88. The van der Waals surface area contributed by atoms with Crippen LogP contribution in [0, 0.1) is 0 Å². The lowest BCUT2D eigenvalue weighted by molar-refractivity contribution is 0.475. The summed E-state index contributed by atoms with van der Waals surface area (Å²) in [6.07, 6.45) is 4.37. The summed E-state index contributed by atoms with van der Waals surface area (Å²) in [6, 6.07) is 23.2. The highest BCUT2D eigenvalue weighted by Gasteiger charge is 2.08. The van der Waals surface area contributed by atoms with Gasteiger partial charge in [0.15, 0.2) is 0 Å². The van der Waals surface area contributed by atoms with Crippen molar-refractivity contribution in [2.75, 3.05) is 0 Å². The molecule has 2 N–H and O–H groups in total. The molecule has 1 aromatic heterocycles. The van der Waals surface area contributed by atoms with Crippen LogP contribution in [0.5, 0.6) is 11.5 Å². The van der Waals surface area contributed by atoms with Gasteiger partial charge in [0.25, 0.3) is 5.56 Å². The summed E-state index contributed by atoms with van der Waals surface area (Å²) in [5.41, 5.74) is 3.34. The van der Waals surface area contributed by atoms with E-state index in [-0.39, 0.29) is 11.3 Å². The molecule has 166 valence electrons. The Bertz CT molecular complexity index is 1190. The maximum absolute atomic E-state index is 12.4. The van der Waals surface area contributed by atoms with E-state index in [1.807, 2.05) is 42.5 Å². The Balaban J connectivity index is 0.000000233. The zero-order chi connectivity index (χ0) is 23.5. The van der Waals surface area contributed by atoms with Gasteiger partial charge in [0, 0.05) is 12.6 Å². The fraction of sp³-hybridized carbons (Fsp3) is 0.179. The number of rotatable bonds is 3. The Labute approximate surface area is 189 Å². The van der Waals surface area contributed by atoms with Crippen molar-refractivity contribution in [3.05, 3.63) is 101 Å². The van der Waals surface area contributed by atoms with Crippen LogP contribution in [0.3, 0.4) is 0 Å². The van der Waals surface area contributed by atoms with Crippen molar-refractivity contribution < 1.29 is 10.2 Å². The first-order valence-corrected chi connectivity index (χ1v) is 10.7. The van der Waals surface area contributed by atoms with Gasteiger partial charge in [-0.2, -0.15) is 0 Å². The molecule has 0 aliphatic carbocycles. The van der Waals surface area contributed by atoms with Gasteiger partial charge in [-0.25, -0.2) is 0 Å². The molecular formula is C28H31NO3. The molecule has 0 aliphatic rings. The van der Waals surface area contributed by atoms with Crippen molar-refractivity contribution in [1.29, 1.82) is 0 Å². The average Bonchev–Trinajstić information content (AvgIpc) is 2.83. The molecule has 0 saturated heterocycles. The molecule has 0 aliphatic heterocycles. The highest BCUT2D eigenvalue weighted by molar-refractivity contribution is 5.84. The number of aryl methyl sites for hydroxylation is 1. The summed E-state index contributed by atoms with van der Waals surface area (Å²) in [5.74, 6) is 0.488. The number of hydrogen-bond donors (Lipinski definition) is 2. The Morgan fingerprint density at radius 3 is 1.91 bits per heavy atom. The van der Waals surface area contributed by atoms with Crippen LogP contribution < -0.4 is 5.56 Å². The van der Waals surface area contributed by atoms with E-state index in [9.17, 15) is 9.90 Å². The van der Waals surface area contributed by atoms with E-state index in [1.54, 1.807) is 54.1 Å². The number of hydrogen-bond acceptors (Lipinski definition) is 3. The molecule has 0 unspecified atom stereocenters. The second kappa shape index (κ2) is 12.2. The van der Waals surface area contributed by atoms with Crippen LogP contribution >= 0.6 is 0 Å². The number of fused-ring (bicyclic) bond motifs is 1. The Kier molecular flexibility index (Phi) is 9.30. The second-order valence-electron chi connectivity index (χ2n) is 7.32. The predicted molar refractivity (Wildman–Crippen MR) is 135 cm³/mol. The van der Waals surface area contributed by atoms with E-state index < -0.39 is 0 Å². The molecule has 0 bridgehead atoms. The largest absolute Gasteiger partial charge is 0.508 e. The minimum absolute atomic E-state index is 0.0376. The van der Waals surface area contributed by atoms with E-state index in [4.69, 9.17) is 5.11 Å². The standard InChI is InChI=1S/C16H13NO2.C8H8O.C4H10/c1-17-15-5-3-2-4-12(15)10-14(16(17)19)11-6-8-13(18)9-7-11;1-2-7-3-5-8(9)6-4-7;1-3-4-2/h2-10,18H,1H3;2-6,9H,1H2;3-4H2,1-2H3. The van der Waals surface area contributed by atoms with E-state index in [1.165, 1.54) is 12.8 Å². The highest BCUT2D eigenvalue weighted by Crippen LogP contribution is 2.22. The lowest BCUT2D eigenvalue weighted by Gasteiger charge is -2.08. The van der Waals surface area contributed by atoms with Crippen LogP contribution in [0.2, 0.25) is 0 Å². The average molecular weight is 430 g/mol. The Morgan fingerprint density at radius 1 is 0.844 bits per heavy atom. The smallest absolute Gasteiger partial charge is 0.258 e. The van der Waals surface area contributed by atoms with Crippen molar-refractivity contribution >= 4 is 17.0 Å². The van der Waals surface area contributed by atoms with Gasteiger partial charge in [0.2, 0.25) is 0 Å². The summed E-state index contributed by atoms with van der Waals surface area (Å²) in [7, 11) is 1.77. The molecule has 3 aromatic carbocycles. The number of para-hydroxylation sites is 1. The number of phenols is 2. The van der Waals surface area contributed by atoms with Crippen molar-refractivity contribution in [2.24, 2.45) is 7.05 Å². The van der Waals surface area contributed by atoms with Crippen molar-refractivity contribution in [3.63, 3.8) is 0 Å². The van der Waals surface area contributed by atoms with Crippen LogP contribution in [0.4, 0.5) is 0 Å². The van der Waals surface area contributed by atoms with Crippen molar-refractivity contribution in [3.8, 4) is 22.6 Å². The molecule has 0 radical (unpaired) electrons. The molecule has 4 rings (SSSR count). The fourth-order valence-corrected chi connectivity index (χ4v) is 2.88. The van der Waals surface area contributed by atoms with Crippen LogP contribution in [0.1, 0.15) is 32.3 Å². The van der Waals surface area contributed by atoms with Gasteiger partial charge in [-0.1, -0.05) is 81.8 Å². The third kappa shape index (κ3) is 6.61. The van der Waals surface area contributed by atoms with E-state index in [0.717, 1.165) is 22.0 Å². The zero-order valence-electron chi connectivity index (χ0n) is 19.0. The zero-order valence-corrected chi connectivity index (χ0v) is 19.0. The number of benzene rings is 3. The summed E-state index contributed by atoms with van der Waals surface area (Å²) in [5, 5.41) is 19.2. The van der Waals surface area contributed by atoms with Gasteiger partial charge in [0.05, 0.1) is 5.52 Å². The molecule has 0 atom stereocenters. The number of phenolic OH excluding ortho intramolecular Hbond substituents is 2. The molecule has 4 nitrogen and oxygen atoms in total. The molecule has 0 fully saturated rings. The first-order chi connectivity index (χ1) is 15.4. The highest BCUT2D eigenvalue weighted by atomic mass is 16.3. The van der Waals surface area contributed by atoms with Crippen molar-refractivity contribution in [1.82, 2.24) is 4.57 Å². The molecule has 0 amide bonds. The lowest BCUT2D eigenvalue weighted by Crippen LogP contribution is -2.18. The third-order valence-corrected chi connectivity index (χ3v) is 4.94. The summed E-state index contributed by atoms with van der Waals surface area (Å²) in [4.78, 5) is 12.4. The van der Waals surface area contributed by atoms with E-state index in [0.29, 0.717) is 11.3 Å². The number of unbranched alkanes of at least 4 members (excludes halogenated alkanes) is 1. The van der Waals surface area contributed by atoms with Gasteiger partial charge in [-0.05, 0) is 52.9 Å². The Morgan fingerprint density at radius 2 is 1.38 bits per heavy atom. The molecular weight excluding hydrogens is 398 g/mol. The molecule has 4 heteroatoms. The monoisotopic (exact) mass is 429 g/mol. The summed E-state index contributed by atoms with van der Waals surface area (Å²) in [6.45, 7) is 7.94. The maximum Gasteiger partial charge on any atom is 0.258 e. The van der Waals surface area contributed by atoms with Crippen molar-refractivity contribution in [2.45, 2.75) is 26.7 Å². The third-order valence-electron chi connectivity index (χ3n) is 4.94. The van der Waals surface area contributed by atoms with Gasteiger partial charge in [0.1, 0.15) is 11.5 Å². The predicted octanol–water partition coefficient (Wildman–Crippen LogP) is 6.75. The van der Waals surface area contributed by atoms with Crippen LogP contribution in [0.25, 0.3) is 28.1 Å². The van der Waals surface area contributed by atoms with E-state index in [2.05, 4.69) is 20.4 Å². The topological polar surface area (TPSA) is 62.5 Å². The minimum atomic E-state index is -0.0376. The van der Waals surface area contributed by atoms with Crippen LogP contribution in [-0.2, 0) is 7.05 Å². The molecule has 0 saturated carbocycles. The quantitative estimate of drug-likeness (QED) is 0.378. The first-order valence-electron chi connectivity index (χ1n) is 10.7.